The zero-order chi connectivity index (χ0) is 22.5. The van der Waals surface area contributed by atoms with Crippen LogP contribution in [0, 0.1) is 0 Å². The number of rotatable bonds is 4. The smallest absolute Gasteiger partial charge is 0.332 e. The number of hydrogen-bond donors (Lipinski definition) is 2. The van der Waals surface area contributed by atoms with Crippen LogP contribution in [0.3, 0.4) is 0 Å². The van der Waals surface area contributed by atoms with Crippen LogP contribution in [0.1, 0.15) is 54.9 Å². The predicted octanol–water partition coefficient (Wildman–Crippen LogP) is 1.43. The fraction of sp³-hybridized carbons (Fsp3) is 0.652. The Kier molecular flexibility index (Phi) is 7.94. The molecule has 2 N–H and O–H groups in total. The molecule has 2 fully saturated rings. The number of aryl methyl sites for hydroxylation is 2. The molecule has 0 aromatic heterocycles. The summed E-state index contributed by atoms with van der Waals surface area (Å²) >= 11 is 0. The molecule has 10 heteroatoms. The van der Waals surface area contributed by atoms with Crippen molar-refractivity contribution >= 4 is 79.0 Å². The summed E-state index contributed by atoms with van der Waals surface area (Å²) in [4.78, 5) is 28.2. The SMILES string of the molecule is CC(=O)N1CC(N2CCC(S(=O)(=O)NC(=O)Nc3c4c(cc5c3CCC5)CCC4)CC2)C1.[K]. The summed E-state index contributed by atoms with van der Waals surface area (Å²) in [7, 11) is -3.75. The van der Waals surface area contributed by atoms with Crippen LogP contribution in [0.2, 0.25) is 0 Å². The molecule has 5 rings (SSSR count). The van der Waals surface area contributed by atoms with Crippen molar-refractivity contribution in [3.8, 4) is 0 Å². The number of benzene rings is 1. The number of hydrogen-bond acceptors (Lipinski definition) is 5. The summed E-state index contributed by atoms with van der Waals surface area (Å²) in [5, 5.41) is 2.35. The minimum Gasteiger partial charge on any atom is -0.340 e. The van der Waals surface area contributed by atoms with Gasteiger partial charge in [0, 0.05) is 83.1 Å². The first-order chi connectivity index (χ1) is 15.3. The minimum atomic E-state index is -3.75. The molecule has 1 radical (unpaired) electrons. The predicted molar refractivity (Wildman–Crippen MR) is 128 cm³/mol. The van der Waals surface area contributed by atoms with E-state index in [1.165, 1.54) is 22.3 Å². The van der Waals surface area contributed by atoms with Gasteiger partial charge in [-0.1, -0.05) is 6.07 Å². The van der Waals surface area contributed by atoms with Crippen LogP contribution in [-0.4, -0.2) is 119 Å². The first-order valence-corrected chi connectivity index (χ1v) is 13.3. The molecule has 33 heavy (non-hydrogen) atoms. The number of piperidine rings is 1. The molecule has 1 aromatic rings. The zero-order valence-corrected chi connectivity index (χ0v) is 23.6. The van der Waals surface area contributed by atoms with E-state index < -0.39 is 21.3 Å². The average Bonchev–Trinajstić information content (AvgIpc) is 3.35. The molecule has 8 nitrogen and oxygen atoms in total. The van der Waals surface area contributed by atoms with E-state index in [1.807, 2.05) is 0 Å². The fourth-order valence-electron chi connectivity index (χ4n) is 5.81. The molecule has 175 valence electrons. The van der Waals surface area contributed by atoms with Gasteiger partial charge in [-0.15, -0.1) is 0 Å². The van der Waals surface area contributed by atoms with Crippen molar-refractivity contribution < 1.29 is 18.0 Å². The van der Waals surface area contributed by atoms with Crippen molar-refractivity contribution in [2.45, 2.75) is 69.6 Å². The van der Waals surface area contributed by atoms with Crippen molar-refractivity contribution in [1.82, 2.24) is 14.5 Å². The molecule has 3 amide bonds. The number of anilines is 1. The minimum absolute atomic E-state index is 0. The summed E-state index contributed by atoms with van der Waals surface area (Å²) in [5.41, 5.74) is 5.83. The molecule has 0 saturated carbocycles. The number of sulfonamides is 1. The molecule has 0 bridgehead atoms. The maximum Gasteiger partial charge on any atom is 0.332 e. The van der Waals surface area contributed by atoms with Gasteiger partial charge in [0.05, 0.1) is 5.25 Å². The van der Waals surface area contributed by atoms with Crippen LogP contribution in [0.15, 0.2) is 6.07 Å². The second-order valence-corrected chi connectivity index (χ2v) is 11.6. The molecule has 4 aliphatic rings. The Bertz CT molecular complexity index is 1010. The molecular weight excluding hydrogens is 467 g/mol. The third-order valence-electron chi connectivity index (χ3n) is 7.69. The van der Waals surface area contributed by atoms with Gasteiger partial charge in [-0.2, -0.15) is 0 Å². The third-order valence-corrected chi connectivity index (χ3v) is 9.50. The summed E-state index contributed by atoms with van der Waals surface area (Å²) in [5.74, 6) is 0.0867. The maximum absolute atomic E-state index is 12.9. The molecule has 2 aliphatic carbocycles. The normalized spacial score (nSPS) is 21.1. The number of amides is 3. The number of nitrogens with one attached hydrogen (secondary N) is 2. The van der Waals surface area contributed by atoms with Gasteiger partial charge in [0.1, 0.15) is 0 Å². The van der Waals surface area contributed by atoms with E-state index in [0.717, 1.165) is 57.3 Å². The molecule has 0 unspecified atom stereocenters. The number of carbonyl (C=O) groups excluding carboxylic acids is 2. The standard InChI is InChI=1S/C23H32N4O4S.K/c1-15(28)27-13-18(14-27)26-10-8-19(9-11-26)32(30,31)25-23(29)24-22-20-6-2-4-16(20)12-17-5-3-7-21(17)22;/h12,18-19H,2-11,13-14H2,1H3,(H2,24,25,29);. The van der Waals surface area contributed by atoms with Crippen molar-refractivity contribution in [1.29, 1.82) is 0 Å². The summed E-state index contributed by atoms with van der Waals surface area (Å²) in [6.45, 7) is 4.36. The second-order valence-electron chi connectivity index (χ2n) is 9.65. The van der Waals surface area contributed by atoms with Crippen molar-refractivity contribution in [3.05, 3.63) is 28.3 Å². The molecule has 0 atom stereocenters. The van der Waals surface area contributed by atoms with Gasteiger partial charge in [0.15, 0.2) is 0 Å². The van der Waals surface area contributed by atoms with E-state index in [4.69, 9.17) is 0 Å². The number of nitrogens with zero attached hydrogens (tertiary/aromatic N) is 2. The van der Waals surface area contributed by atoms with Crippen LogP contribution in [-0.2, 0) is 40.5 Å². The van der Waals surface area contributed by atoms with E-state index >= 15 is 0 Å². The van der Waals surface area contributed by atoms with Gasteiger partial charge < -0.3 is 10.2 Å². The summed E-state index contributed by atoms with van der Waals surface area (Å²) in [6.07, 6.45) is 7.08. The van der Waals surface area contributed by atoms with Crippen LogP contribution < -0.4 is 10.0 Å². The van der Waals surface area contributed by atoms with Crippen LogP contribution in [0.5, 0.6) is 0 Å². The number of fused-ring (bicyclic) bond motifs is 2. The van der Waals surface area contributed by atoms with Gasteiger partial charge in [0.2, 0.25) is 15.9 Å². The molecule has 2 saturated heterocycles. The fourth-order valence-corrected chi connectivity index (χ4v) is 7.12. The van der Waals surface area contributed by atoms with E-state index in [-0.39, 0.29) is 57.3 Å². The van der Waals surface area contributed by atoms with E-state index in [9.17, 15) is 18.0 Å². The maximum atomic E-state index is 12.9. The Morgan fingerprint density at radius 2 is 1.55 bits per heavy atom. The van der Waals surface area contributed by atoms with Crippen molar-refractivity contribution in [2.75, 3.05) is 31.5 Å². The van der Waals surface area contributed by atoms with Gasteiger partial charge in [-0.25, -0.2) is 17.9 Å². The molecule has 0 spiro atoms. The van der Waals surface area contributed by atoms with E-state index in [1.54, 1.807) is 11.8 Å². The van der Waals surface area contributed by atoms with Gasteiger partial charge >= 0.3 is 6.03 Å². The zero-order valence-electron chi connectivity index (χ0n) is 19.7. The van der Waals surface area contributed by atoms with Crippen molar-refractivity contribution in [2.24, 2.45) is 0 Å². The Hall–Kier alpha value is -0.494. The average molecular weight is 500 g/mol. The Balaban J connectivity index is 0.00000259. The Morgan fingerprint density at radius 1 is 0.970 bits per heavy atom. The summed E-state index contributed by atoms with van der Waals surface area (Å²) in [6, 6.07) is 1.97. The largest absolute Gasteiger partial charge is 0.340 e. The van der Waals surface area contributed by atoms with Gasteiger partial charge in [-0.05, 0) is 86.7 Å². The number of likely N-dealkylation sites (tertiary alicyclic amines) is 2. The Labute approximate surface area is 238 Å². The molecular formula is C23H32KN4O4S. The van der Waals surface area contributed by atoms with E-state index in [0.29, 0.717) is 32.0 Å². The van der Waals surface area contributed by atoms with Crippen molar-refractivity contribution in [3.63, 3.8) is 0 Å². The number of urea groups is 1. The van der Waals surface area contributed by atoms with Gasteiger partial charge in [0.25, 0.3) is 0 Å². The van der Waals surface area contributed by atoms with Crippen LogP contribution in [0.25, 0.3) is 0 Å². The molecule has 1 aromatic carbocycles. The molecule has 2 aliphatic heterocycles. The third kappa shape index (κ3) is 5.22. The van der Waals surface area contributed by atoms with Crippen LogP contribution >= 0.6 is 0 Å². The first-order valence-electron chi connectivity index (χ1n) is 11.8. The van der Waals surface area contributed by atoms with Gasteiger partial charge in [-0.3, -0.25) is 9.69 Å². The summed E-state index contributed by atoms with van der Waals surface area (Å²) < 4.78 is 28.1. The quantitative estimate of drug-likeness (QED) is 0.611. The Morgan fingerprint density at radius 3 is 2.09 bits per heavy atom. The first kappa shape index (κ1) is 25.6. The van der Waals surface area contributed by atoms with Crippen LogP contribution in [0.4, 0.5) is 10.5 Å². The monoisotopic (exact) mass is 499 g/mol. The number of carbonyl (C=O) groups is 2. The second kappa shape index (κ2) is 10.2. The topological polar surface area (TPSA) is 98.8 Å². The van der Waals surface area contributed by atoms with E-state index in [2.05, 4.69) is 21.0 Å². The molecule has 2 heterocycles.